The van der Waals surface area contributed by atoms with Gasteiger partial charge < -0.3 is 10.4 Å². The van der Waals surface area contributed by atoms with Gasteiger partial charge in [0.15, 0.2) is 0 Å². The lowest BCUT2D eigenvalue weighted by Gasteiger charge is -2.35. The number of rotatable bonds is 5. The standard InChI is InChI=1S/C30H32N2O2/c1-23-3-5-25(6-4-23)21-26-11-14-28(15-12-26)31-29(33)16-13-24-7-9-27(10-8-24)22-32-19-17-30(2,34)18-20-32/h3-12,14-15,34H,17-22H2,1-2H3,(H,31,33). The van der Waals surface area contributed by atoms with E-state index in [0.29, 0.717) is 0 Å². The quantitative estimate of drug-likeness (QED) is 0.540. The summed E-state index contributed by atoms with van der Waals surface area (Å²) in [7, 11) is 0. The fraction of sp³-hybridized carbons (Fsp3) is 0.300. The van der Waals surface area contributed by atoms with Crippen molar-refractivity contribution in [1.29, 1.82) is 0 Å². The molecular formula is C30H32N2O2. The number of carbonyl (C=O) groups is 1. The van der Waals surface area contributed by atoms with Crippen molar-refractivity contribution in [2.24, 2.45) is 0 Å². The molecule has 174 valence electrons. The largest absolute Gasteiger partial charge is 0.390 e. The molecule has 0 aliphatic carbocycles. The van der Waals surface area contributed by atoms with Gasteiger partial charge in [0.2, 0.25) is 0 Å². The van der Waals surface area contributed by atoms with Crippen molar-refractivity contribution in [2.75, 3.05) is 18.4 Å². The van der Waals surface area contributed by atoms with Crippen LogP contribution in [0.4, 0.5) is 5.69 Å². The van der Waals surface area contributed by atoms with E-state index in [1.54, 1.807) is 0 Å². The lowest BCUT2D eigenvalue weighted by Crippen LogP contribution is -2.41. The molecule has 34 heavy (non-hydrogen) atoms. The number of piperidine rings is 1. The second-order valence-corrected chi connectivity index (χ2v) is 9.53. The van der Waals surface area contributed by atoms with E-state index in [-0.39, 0.29) is 5.91 Å². The number of hydrogen-bond acceptors (Lipinski definition) is 3. The second kappa shape index (κ2) is 10.7. The summed E-state index contributed by atoms with van der Waals surface area (Å²) in [5, 5.41) is 12.9. The van der Waals surface area contributed by atoms with Gasteiger partial charge >= 0.3 is 5.91 Å². The second-order valence-electron chi connectivity index (χ2n) is 9.53. The maximum absolute atomic E-state index is 12.3. The first-order valence-corrected chi connectivity index (χ1v) is 11.9. The number of aliphatic hydroxyl groups is 1. The Kier molecular flexibility index (Phi) is 7.47. The average Bonchev–Trinajstić information content (AvgIpc) is 2.83. The molecule has 0 saturated carbocycles. The van der Waals surface area contributed by atoms with Crippen molar-refractivity contribution < 1.29 is 9.90 Å². The van der Waals surface area contributed by atoms with Crippen molar-refractivity contribution in [2.45, 2.75) is 45.3 Å². The number of anilines is 1. The molecule has 0 spiro atoms. The smallest absolute Gasteiger partial charge is 0.300 e. The van der Waals surface area contributed by atoms with Crippen LogP contribution in [-0.2, 0) is 17.8 Å². The third kappa shape index (κ3) is 7.05. The summed E-state index contributed by atoms with van der Waals surface area (Å²) in [6.07, 6.45) is 2.48. The van der Waals surface area contributed by atoms with Crippen LogP contribution in [-0.4, -0.2) is 34.6 Å². The maximum atomic E-state index is 12.3. The number of benzene rings is 3. The Morgan fingerprint density at radius 2 is 1.47 bits per heavy atom. The van der Waals surface area contributed by atoms with E-state index in [4.69, 9.17) is 0 Å². The van der Waals surface area contributed by atoms with Gasteiger partial charge in [-0.15, -0.1) is 0 Å². The van der Waals surface area contributed by atoms with Gasteiger partial charge in [-0.3, -0.25) is 9.69 Å². The van der Waals surface area contributed by atoms with Crippen molar-refractivity contribution >= 4 is 11.6 Å². The summed E-state index contributed by atoms with van der Waals surface area (Å²) in [5.74, 6) is 5.30. The van der Waals surface area contributed by atoms with E-state index < -0.39 is 5.60 Å². The molecule has 0 bridgehead atoms. The summed E-state index contributed by atoms with van der Waals surface area (Å²) in [5.41, 5.74) is 5.96. The maximum Gasteiger partial charge on any atom is 0.300 e. The van der Waals surface area contributed by atoms with Crippen molar-refractivity contribution in [3.63, 3.8) is 0 Å². The van der Waals surface area contributed by atoms with Gasteiger partial charge in [0, 0.05) is 36.8 Å². The van der Waals surface area contributed by atoms with E-state index in [2.05, 4.69) is 65.4 Å². The molecule has 4 heteroatoms. The van der Waals surface area contributed by atoms with Crippen LogP contribution in [0.25, 0.3) is 0 Å². The summed E-state index contributed by atoms with van der Waals surface area (Å²) in [6, 6.07) is 24.5. The third-order valence-corrected chi connectivity index (χ3v) is 6.35. The zero-order valence-electron chi connectivity index (χ0n) is 20.0. The normalized spacial score (nSPS) is 15.3. The van der Waals surface area contributed by atoms with Gasteiger partial charge in [0.1, 0.15) is 0 Å². The molecule has 1 heterocycles. The molecule has 1 saturated heterocycles. The van der Waals surface area contributed by atoms with E-state index in [0.717, 1.165) is 50.1 Å². The lowest BCUT2D eigenvalue weighted by atomic mass is 9.93. The molecule has 0 atom stereocenters. The van der Waals surface area contributed by atoms with Gasteiger partial charge in [0.05, 0.1) is 5.60 Å². The van der Waals surface area contributed by atoms with E-state index in [1.165, 1.54) is 22.3 Å². The van der Waals surface area contributed by atoms with Crippen molar-refractivity contribution in [1.82, 2.24) is 4.90 Å². The molecule has 2 N–H and O–H groups in total. The highest BCUT2D eigenvalue weighted by Gasteiger charge is 2.26. The van der Waals surface area contributed by atoms with Gasteiger partial charge in [-0.25, -0.2) is 0 Å². The summed E-state index contributed by atoms with van der Waals surface area (Å²) < 4.78 is 0. The van der Waals surface area contributed by atoms with Gasteiger partial charge in [-0.05, 0) is 74.1 Å². The van der Waals surface area contributed by atoms with Crippen LogP contribution in [0.15, 0.2) is 72.8 Å². The van der Waals surface area contributed by atoms with Gasteiger partial charge in [-0.1, -0.05) is 60.0 Å². The van der Waals surface area contributed by atoms with E-state index in [9.17, 15) is 9.90 Å². The summed E-state index contributed by atoms with van der Waals surface area (Å²) >= 11 is 0. The predicted octanol–water partition coefficient (Wildman–Crippen LogP) is 4.92. The first-order chi connectivity index (χ1) is 16.3. The van der Waals surface area contributed by atoms with Crippen molar-refractivity contribution in [3.05, 3.63) is 101 Å². The zero-order valence-corrected chi connectivity index (χ0v) is 20.0. The van der Waals surface area contributed by atoms with Crippen LogP contribution in [0.5, 0.6) is 0 Å². The minimum absolute atomic E-state index is 0.323. The average molecular weight is 453 g/mol. The molecule has 1 aliphatic rings. The highest BCUT2D eigenvalue weighted by Crippen LogP contribution is 2.22. The Morgan fingerprint density at radius 3 is 2.09 bits per heavy atom. The molecule has 1 fully saturated rings. The number of hydrogen-bond donors (Lipinski definition) is 2. The number of nitrogens with zero attached hydrogens (tertiary/aromatic N) is 1. The number of nitrogens with one attached hydrogen (secondary N) is 1. The fourth-order valence-corrected chi connectivity index (χ4v) is 4.08. The molecule has 0 radical (unpaired) electrons. The Bertz CT molecular complexity index is 1160. The molecule has 0 aromatic heterocycles. The molecule has 4 nitrogen and oxygen atoms in total. The molecular weight excluding hydrogens is 420 g/mol. The van der Waals surface area contributed by atoms with E-state index >= 15 is 0 Å². The fourth-order valence-electron chi connectivity index (χ4n) is 4.08. The SMILES string of the molecule is Cc1ccc(Cc2ccc(NC(=O)C#Cc3ccc(CN4CCC(C)(O)CC4)cc3)cc2)cc1. The minimum Gasteiger partial charge on any atom is -0.390 e. The highest BCUT2D eigenvalue weighted by atomic mass is 16.3. The summed E-state index contributed by atoms with van der Waals surface area (Å²) in [4.78, 5) is 14.6. The number of aryl methyl sites for hydroxylation is 1. The predicted molar refractivity (Wildman–Crippen MR) is 138 cm³/mol. The van der Waals surface area contributed by atoms with Crippen LogP contribution < -0.4 is 5.32 Å². The van der Waals surface area contributed by atoms with Crippen LogP contribution >= 0.6 is 0 Å². The van der Waals surface area contributed by atoms with E-state index in [1.807, 2.05) is 43.3 Å². The van der Waals surface area contributed by atoms with Gasteiger partial charge in [-0.2, -0.15) is 0 Å². The lowest BCUT2D eigenvalue weighted by molar-refractivity contribution is -0.111. The molecule has 3 aromatic carbocycles. The number of carbonyl (C=O) groups excluding carboxylic acids is 1. The minimum atomic E-state index is -0.528. The molecule has 0 unspecified atom stereocenters. The molecule has 1 aliphatic heterocycles. The van der Waals surface area contributed by atoms with Crippen molar-refractivity contribution in [3.8, 4) is 11.8 Å². The number of amides is 1. The topological polar surface area (TPSA) is 52.6 Å². The van der Waals surface area contributed by atoms with Crippen LogP contribution in [0.3, 0.4) is 0 Å². The Labute approximate surface area is 202 Å². The first-order valence-electron chi connectivity index (χ1n) is 11.9. The monoisotopic (exact) mass is 452 g/mol. The molecule has 4 rings (SSSR count). The number of likely N-dealkylation sites (tertiary alicyclic amines) is 1. The summed E-state index contributed by atoms with van der Waals surface area (Å²) in [6.45, 7) is 6.67. The van der Waals surface area contributed by atoms with Crippen LogP contribution in [0, 0.1) is 18.8 Å². The first kappa shape index (κ1) is 23.8. The highest BCUT2D eigenvalue weighted by molar-refractivity contribution is 6.04. The van der Waals surface area contributed by atoms with Crippen LogP contribution in [0.1, 0.15) is 47.6 Å². The Balaban J connectivity index is 1.27. The van der Waals surface area contributed by atoms with Gasteiger partial charge in [0.25, 0.3) is 0 Å². The Hall–Kier alpha value is -3.39. The Morgan fingerprint density at radius 1 is 0.912 bits per heavy atom. The zero-order chi connectivity index (χ0) is 24.0. The molecule has 1 amide bonds. The van der Waals surface area contributed by atoms with Crippen LogP contribution in [0.2, 0.25) is 0 Å². The third-order valence-electron chi connectivity index (χ3n) is 6.35. The molecule has 3 aromatic rings.